The van der Waals surface area contributed by atoms with Crippen LogP contribution in [0.5, 0.6) is 0 Å². The molecule has 6 nitrogen and oxygen atoms in total. The third kappa shape index (κ3) is 4.91. The molecule has 166 valence electrons. The second kappa shape index (κ2) is 9.65. The molecule has 8 heteroatoms. The minimum atomic E-state index is -0.245. The Bertz CT molecular complexity index is 1270. The van der Waals surface area contributed by atoms with Crippen LogP contribution >= 0.6 is 11.8 Å². The molecule has 1 amide bonds. The molecule has 0 bridgehead atoms. The summed E-state index contributed by atoms with van der Waals surface area (Å²) in [7, 11) is 0. The van der Waals surface area contributed by atoms with Crippen LogP contribution in [0.3, 0.4) is 0 Å². The fraction of sp³-hybridized carbons (Fsp3) is 0.333. The summed E-state index contributed by atoms with van der Waals surface area (Å²) in [6.45, 7) is 6.28. The Morgan fingerprint density at radius 1 is 1.19 bits per heavy atom. The highest BCUT2D eigenvalue weighted by molar-refractivity contribution is 7.99. The van der Waals surface area contributed by atoms with Crippen molar-refractivity contribution in [1.29, 1.82) is 0 Å². The van der Waals surface area contributed by atoms with E-state index in [1.807, 2.05) is 43.5 Å². The molecular formula is C24H26FN5OS. The number of carbonyl (C=O) groups is 1. The van der Waals surface area contributed by atoms with Crippen LogP contribution in [0.15, 0.2) is 47.6 Å². The quantitative estimate of drug-likeness (QED) is 0.306. The van der Waals surface area contributed by atoms with E-state index in [2.05, 4.69) is 21.6 Å². The molecule has 2 aromatic heterocycles. The zero-order valence-electron chi connectivity index (χ0n) is 18.4. The molecule has 32 heavy (non-hydrogen) atoms. The van der Waals surface area contributed by atoms with Crippen LogP contribution in [0.1, 0.15) is 37.8 Å². The van der Waals surface area contributed by atoms with Crippen molar-refractivity contribution in [3.05, 3.63) is 59.4 Å². The summed E-state index contributed by atoms with van der Waals surface area (Å²) in [6, 6.07) is 13.0. The van der Waals surface area contributed by atoms with Crippen LogP contribution in [0.4, 0.5) is 4.39 Å². The summed E-state index contributed by atoms with van der Waals surface area (Å²) in [5.41, 5.74) is 4.05. The normalized spacial score (nSPS) is 11.5. The molecule has 0 fully saturated rings. The van der Waals surface area contributed by atoms with Gasteiger partial charge in [-0.25, -0.2) is 9.37 Å². The number of nitrogens with zero attached hydrogens (tertiary/aromatic N) is 4. The van der Waals surface area contributed by atoms with Crippen molar-refractivity contribution in [3.63, 3.8) is 0 Å². The number of fused-ring (bicyclic) bond motifs is 3. The van der Waals surface area contributed by atoms with Crippen molar-refractivity contribution in [2.45, 2.75) is 51.4 Å². The predicted octanol–water partition coefficient (Wildman–Crippen LogP) is 4.87. The van der Waals surface area contributed by atoms with Crippen molar-refractivity contribution in [3.8, 4) is 0 Å². The van der Waals surface area contributed by atoms with Crippen molar-refractivity contribution in [2.75, 3.05) is 5.75 Å². The van der Waals surface area contributed by atoms with E-state index in [0.29, 0.717) is 40.6 Å². The maximum atomic E-state index is 14.4. The zero-order valence-corrected chi connectivity index (χ0v) is 19.2. The van der Waals surface area contributed by atoms with Gasteiger partial charge in [-0.15, -0.1) is 10.2 Å². The minimum absolute atomic E-state index is 0.0514. The number of hydrogen-bond donors (Lipinski definition) is 1. The van der Waals surface area contributed by atoms with E-state index in [-0.39, 0.29) is 17.8 Å². The summed E-state index contributed by atoms with van der Waals surface area (Å²) in [5.74, 6) is 0.520. The number of benzene rings is 2. The lowest BCUT2D eigenvalue weighted by Crippen LogP contribution is -2.29. The number of halogens is 1. The Hall–Kier alpha value is -3.00. The monoisotopic (exact) mass is 451 g/mol. The van der Waals surface area contributed by atoms with Crippen molar-refractivity contribution in [1.82, 2.24) is 25.1 Å². The lowest BCUT2D eigenvalue weighted by atomic mass is 10.1. The SMILES string of the molecule is Cc1ccc2c(c1)c1nnc(SCCCC(=O)NC(C)C)nc1n2Cc1ccccc1F. The summed E-state index contributed by atoms with van der Waals surface area (Å²) in [6.07, 6.45) is 1.19. The van der Waals surface area contributed by atoms with Gasteiger partial charge >= 0.3 is 0 Å². The average Bonchev–Trinajstić information content (AvgIpc) is 3.04. The lowest BCUT2D eigenvalue weighted by molar-refractivity contribution is -0.121. The number of amides is 1. The Morgan fingerprint density at radius 2 is 2.00 bits per heavy atom. The number of aryl methyl sites for hydroxylation is 1. The first-order valence-electron chi connectivity index (χ1n) is 10.7. The Labute approximate surface area is 190 Å². The first kappa shape index (κ1) is 22.2. The zero-order chi connectivity index (χ0) is 22.7. The van der Waals surface area contributed by atoms with E-state index < -0.39 is 0 Å². The molecule has 0 saturated carbocycles. The Morgan fingerprint density at radius 3 is 2.78 bits per heavy atom. The summed E-state index contributed by atoms with van der Waals surface area (Å²) >= 11 is 1.48. The first-order chi connectivity index (χ1) is 15.4. The van der Waals surface area contributed by atoms with Crippen molar-refractivity contribution >= 4 is 39.7 Å². The van der Waals surface area contributed by atoms with Gasteiger partial charge in [0.15, 0.2) is 5.65 Å². The topological polar surface area (TPSA) is 72.7 Å². The van der Waals surface area contributed by atoms with Crippen LogP contribution < -0.4 is 5.32 Å². The van der Waals surface area contributed by atoms with Crippen molar-refractivity contribution in [2.24, 2.45) is 0 Å². The third-order valence-electron chi connectivity index (χ3n) is 5.12. The molecular weight excluding hydrogens is 425 g/mol. The largest absolute Gasteiger partial charge is 0.354 e. The standard InChI is InChI=1S/C24H26FN5OS/c1-15(2)26-21(31)9-6-12-32-24-27-23-22(28-29-24)18-13-16(3)10-11-20(18)30(23)14-17-7-4-5-8-19(17)25/h4-5,7-8,10-11,13,15H,6,9,12,14H2,1-3H3,(H,26,31). The number of hydrogen-bond acceptors (Lipinski definition) is 5. The summed E-state index contributed by atoms with van der Waals surface area (Å²) in [4.78, 5) is 16.6. The lowest BCUT2D eigenvalue weighted by Gasteiger charge is -2.09. The van der Waals surface area contributed by atoms with Gasteiger partial charge in [-0.2, -0.15) is 0 Å². The molecule has 0 radical (unpaired) electrons. The number of rotatable bonds is 8. The highest BCUT2D eigenvalue weighted by Crippen LogP contribution is 2.29. The molecule has 0 aliphatic carbocycles. The maximum Gasteiger partial charge on any atom is 0.220 e. The van der Waals surface area contributed by atoms with Crippen LogP contribution in [-0.4, -0.2) is 37.5 Å². The molecule has 0 aliphatic heterocycles. The molecule has 2 aromatic carbocycles. The molecule has 2 heterocycles. The highest BCUT2D eigenvalue weighted by atomic mass is 32.2. The highest BCUT2D eigenvalue weighted by Gasteiger charge is 2.17. The van der Waals surface area contributed by atoms with E-state index in [4.69, 9.17) is 4.98 Å². The van der Waals surface area contributed by atoms with Crippen LogP contribution in [0.25, 0.3) is 22.1 Å². The third-order valence-corrected chi connectivity index (χ3v) is 6.04. The van der Waals surface area contributed by atoms with Gasteiger partial charge in [0.25, 0.3) is 0 Å². The number of aromatic nitrogens is 4. The maximum absolute atomic E-state index is 14.4. The van der Waals surface area contributed by atoms with Crippen LogP contribution in [0, 0.1) is 12.7 Å². The van der Waals surface area contributed by atoms with E-state index in [1.54, 1.807) is 12.1 Å². The van der Waals surface area contributed by atoms with E-state index in [1.165, 1.54) is 17.8 Å². The van der Waals surface area contributed by atoms with Gasteiger partial charge in [0.05, 0.1) is 12.1 Å². The number of carbonyl (C=O) groups excluding carboxylic acids is 1. The molecule has 0 aliphatic rings. The minimum Gasteiger partial charge on any atom is -0.354 e. The number of thioether (sulfide) groups is 1. The van der Waals surface area contributed by atoms with Gasteiger partial charge in [-0.1, -0.05) is 41.6 Å². The van der Waals surface area contributed by atoms with Gasteiger partial charge in [0.1, 0.15) is 11.3 Å². The van der Waals surface area contributed by atoms with Crippen LogP contribution in [0.2, 0.25) is 0 Å². The Balaban J connectivity index is 1.62. The van der Waals surface area contributed by atoms with Gasteiger partial charge in [0, 0.05) is 29.2 Å². The molecule has 0 spiro atoms. The van der Waals surface area contributed by atoms with Crippen molar-refractivity contribution < 1.29 is 9.18 Å². The smallest absolute Gasteiger partial charge is 0.220 e. The second-order valence-electron chi connectivity index (χ2n) is 8.14. The fourth-order valence-corrected chi connectivity index (χ4v) is 4.38. The average molecular weight is 452 g/mol. The molecule has 4 aromatic rings. The van der Waals surface area contributed by atoms with Gasteiger partial charge in [0.2, 0.25) is 11.1 Å². The molecule has 0 atom stereocenters. The predicted molar refractivity (Wildman–Crippen MR) is 126 cm³/mol. The molecule has 0 saturated heterocycles. The first-order valence-corrected chi connectivity index (χ1v) is 11.7. The van der Waals surface area contributed by atoms with Gasteiger partial charge in [-0.3, -0.25) is 4.79 Å². The summed E-state index contributed by atoms with van der Waals surface area (Å²) < 4.78 is 16.4. The number of nitrogens with one attached hydrogen (secondary N) is 1. The Kier molecular flexibility index (Phi) is 6.69. The van der Waals surface area contributed by atoms with E-state index in [9.17, 15) is 9.18 Å². The van der Waals surface area contributed by atoms with Gasteiger partial charge < -0.3 is 9.88 Å². The van der Waals surface area contributed by atoms with E-state index in [0.717, 1.165) is 22.9 Å². The molecule has 1 N–H and O–H groups in total. The second-order valence-corrected chi connectivity index (χ2v) is 9.20. The summed E-state index contributed by atoms with van der Waals surface area (Å²) in [5, 5.41) is 13.2. The van der Waals surface area contributed by atoms with E-state index >= 15 is 0 Å². The van der Waals surface area contributed by atoms with Crippen LogP contribution in [-0.2, 0) is 11.3 Å². The van der Waals surface area contributed by atoms with Gasteiger partial charge in [-0.05, 0) is 45.4 Å². The fourth-order valence-electron chi connectivity index (χ4n) is 3.66. The molecule has 4 rings (SSSR count). The molecule has 0 unspecified atom stereocenters.